The number of hydrogen-bond acceptors (Lipinski definition) is 4. The Morgan fingerprint density at radius 1 is 1.00 bits per heavy atom. The molecular formula is C23H35N3O4S. The van der Waals surface area contributed by atoms with Gasteiger partial charge in [0, 0.05) is 38.2 Å². The molecule has 1 aliphatic heterocycles. The molecule has 1 aliphatic carbocycles. The van der Waals surface area contributed by atoms with Gasteiger partial charge in [-0.15, -0.1) is 0 Å². The molecule has 0 unspecified atom stereocenters. The maximum absolute atomic E-state index is 12.9. The predicted molar refractivity (Wildman–Crippen MR) is 121 cm³/mol. The van der Waals surface area contributed by atoms with Crippen LogP contribution in [0.3, 0.4) is 0 Å². The molecule has 172 valence electrons. The third kappa shape index (κ3) is 6.53. The molecule has 2 atom stereocenters. The quantitative estimate of drug-likeness (QED) is 0.697. The number of carbonyl (C=O) groups excluding carboxylic acids is 2. The lowest BCUT2D eigenvalue weighted by Gasteiger charge is -2.38. The van der Waals surface area contributed by atoms with E-state index in [2.05, 4.69) is 28.8 Å². The molecule has 0 radical (unpaired) electrons. The van der Waals surface area contributed by atoms with Crippen LogP contribution < -0.4 is 10.0 Å². The zero-order valence-electron chi connectivity index (χ0n) is 18.8. The Morgan fingerprint density at radius 3 is 2.13 bits per heavy atom. The predicted octanol–water partition coefficient (Wildman–Crippen LogP) is 3.23. The van der Waals surface area contributed by atoms with Gasteiger partial charge in [-0.05, 0) is 74.1 Å². The molecule has 1 aromatic rings. The largest absolute Gasteiger partial charge is 0.342 e. The second kappa shape index (κ2) is 10.1. The van der Waals surface area contributed by atoms with Gasteiger partial charge in [0.05, 0.1) is 4.90 Å². The molecule has 1 saturated carbocycles. The number of hydrogen-bond donors (Lipinski definition) is 2. The second-order valence-electron chi connectivity index (χ2n) is 9.46. The van der Waals surface area contributed by atoms with Crippen LogP contribution in [0.1, 0.15) is 52.9 Å². The van der Waals surface area contributed by atoms with Gasteiger partial charge in [0.25, 0.3) is 0 Å². The van der Waals surface area contributed by atoms with Gasteiger partial charge >= 0.3 is 0 Å². The highest BCUT2D eigenvalue weighted by atomic mass is 32.2. The molecular weight excluding hydrogens is 414 g/mol. The number of nitrogens with zero attached hydrogens (tertiary/aromatic N) is 1. The summed E-state index contributed by atoms with van der Waals surface area (Å²) in [7, 11) is -3.60. The zero-order chi connectivity index (χ0) is 22.6. The molecule has 3 rings (SSSR count). The van der Waals surface area contributed by atoms with E-state index in [1.54, 1.807) is 12.1 Å². The first kappa shape index (κ1) is 23.7. The second-order valence-corrected chi connectivity index (χ2v) is 11.2. The Hall–Kier alpha value is -1.93. The molecule has 7 nitrogen and oxygen atoms in total. The molecule has 2 fully saturated rings. The van der Waals surface area contributed by atoms with Crippen molar-refractivity contribution in [3.8, 4) is 0 Å². The number of sulfonamides is 1. The minimum Gasteiger partial charge on any atom is -0.342 e. The van der Waals surface area contributed by atoms with Crippen LogP contribution in [-0.4, -0.2) is 44.8 Å². The van der Waals surface area contributed by atoms with Crippen molar-refractivity contribution >= 4 is 27.5 Å². The third-order valence-corrected chi connectivity index (χ3v) is 7.86. The number of anilines is 1. The lowest BCUT2D eigenvalue weighted by Crippen LogP contribution is -2.46. The van der Waals surface area contributed by atoms with Crippen LogP contribution in [0, 0.1) is 23.7 Å². The van der Waals surface area contributed by atoms with Gasteiger partial charge in [0.2, 0.25) is 21.8 Å². The van der Waals surface area contributed by atoms with Crippen LogP contribution in [-0.2, 0) is 19.6 Å². The summed E-state index contributed by atoms with van der Waals surface area (Å²) in [4.78, 5) is 26.3. The molecule has 1 saturated heterocycles. The lowest BCUT2D eigenvalue weighted by molar-refractivity contribution is -0.139. The third-order valence-electron chi connectivity index (χ3n) is 6.42. The maximum atomic E-state index is 12.9. The molecule has 2 amide bonds. The van der Waals surface area contributed by atoms with Crippen molar-refractivity contribution in [1.82, 2.24) is 9.62 Å². The van der Waals surface area contributed by atoms with E-state index in [4.69, 9.17) is 0 Å². The minimum absolute atomic E-state index is 0.0756. The fourth-order valence-electron chi connectivity index (χ4n) is 4.95. The van der Waals surface area contributed by atoms with Crippen molar-refractivity contribution in [2.45, 2.75) is 57.8 Å². The van der Waals surface area contributed by atoms with Crippen molar-refractivity contribution in [3.05, 3.63) is 24.3 Å². The number of amides is 2. The van der Waals surface area contributed by atoms with Gasteiger partial charge < -0.3 is 10.2 Å². The van der Waals surface area contributed by atoms with Gasteiger partial charge in [-0.25, -0.2) is 13.1 Å². The smallest absolute Gasteiger partial charge is 0.240 e. The van der Waals surface area contributed by atoms with Crippen LogP contribution in [0.5, 0.6) is 0 Å². The number of benzene rings is 1. The molecule has 2 N–H and O–H groups in total. The van der Waals surface area contributed by atoms with Crippen LogP contribution in [0.25, 0.3) is 0 Å². The summed E-state index contributed by atoms with van der Waals surface area (Å²) >= 11 is 0. The first-order valence-electron chi connectivity index (χ1n) is 11.3. The van der Waals surface area contributed by atoms with Gasteiger partial charge in [-0.1, -0.05) is 13.8 Å². The molecule has 1 heterocycles. The Morgan fingerprint density at radius 2 is 1.58 bits per heavy atom. The number of piperidine rings is 1. The minimum atomic E-state index is -3.60. The molecule has 1 aromatic carbocycles. The van der Waals surface area contributed by atoms with Crippen molar-refractivity contribution in [1.29, 1.82) is 0 Å². The van der Waals surface area contributed by atoms with Crippen molar-refractivity contribution in [2.75, 3.05) is 25.0 Å². The van der Waals surface area contributed by atoms with E-state index in [1.165, 1.54) is 25.5 Å². The van der Waals surface area contributed by atoms with Gasteiger partial charge in [-0.3, -0.25) is 9.59 Å². The van der Waals surface area contributed by atoms with Gasteiger partial charge in [0.15, 0.2) is 0 Å². The molecule has 0 aromatic heterocycles. The van der Waals surface area contributed by atoms with Gasteiger partial charge in [0.1, 0.15) is 0 Å². The van der Waals surface area contributed by atoms with E-state index in [0.29, 0.717) is 24.1 Å². The van der Waals surface area contributed by atoms with E-state index < -0.39 is 10.0 Å². The Kier molecular flexibility index (Phi) is 7.75. The monoisotopic (exact) mass is 449 g/mol. The molecule has 8 heteroatoms. The molecule has 0 spiro atoms. The van der Waals surface area contributed by atoms with Crippen molar-refractivity contribution in [3.63, 3.8) is 0 Å². The van der Waals surface area contributed by atoms with E-state index in [0.717, 1.165) is 38.8 Å². The van der Waals surface area contributed by atoms with E-state index in [9.17, 15) is 18.0 Å². The zero-order valence-corrected chi connectivity index (χ0v) is 19.6. The number of nitrogens with one attached hydrogen (secondary N) is 2. The van der Waals surface area contributed by atoms with Gasteiger partial charge in [-0.2, -0.15) is 0 Å². The summed E-state index contributed by atoms with van der Waals surface area (Å²) in [6.45, 7) is 7.95. The van der Waals surface area contributed by atoms with Crippen LogP contribution >= 0.6 is 0 Å². The molecule has 0 bridgehead atoms. The molecule has 2 aliphatic rings. The summed E-state index contributed by atoms with van der Waals surface area (Å²) in [6.07, 6.45) is 4.57. The topological polar surface area (TPSA) is 95.6 Å². The van der Waals surface area contributed by atoms with E-state index in [-0.39, 0.29) is 28.5 Å². The summed E-state index contributed by atoms with van der Waals surface area (Å²) in [5, 5.41) is 2.62. The molecule has 31 heavy (non-hydrogen) atoms. The number of carbonyl (C=O) groups is 2. The summed E-state index contributed by atoms with van der Waals surface area (Å²) in [5.74, 6) is 1.53. The highest BCUT2D eigenvalue weighted by molar-refractivity contribution is 7.89. The average molecular weight is 450 g/mol. The van der Waals surface area contributed by atoms with Crippen LogP contribution in [0.2, 0.25) is 0 Å². The van der Waals surface area contributed by atoms with E-state index >= 15 is 0 Å². The van der Waals surface area contributed by atoms with Crippen LogP contribution in [0.4, 0.5) is 5.69 Å². The van der Waals surface area contributed by atoms with E-state index in [1.807, 2.05) is 0 Å². The summed E-state index contributed by atoms with van der Waals surface area (Å²) in [5.41, 5.74) is 0.562. The summed E-state index contributed by atoms with van der Waals surface area (Å²) < 4.78 is 27.9. The first-order valence-corrected chi connectivity index (χ1v) is 12.8. The van der Waals surface area contributed by atoms with Crippen molar-refractivity contribution < 1.29 is 18.0 Å². The van der Waals surface area contributed by atoms with Crippen LogP contribution in [0.15, 0.2) is 29.2 Å². The normalized spacial score (nSPS) is 27.0. The lowest BCUT2D eigenvalue weighted by atomic mass is 9.80. The average Bonchev–Trinajstić information content (AvgIpc) is 2.71. The fourth-order valence-corrected chi connectivity index (χ4v) is 6.06. The first-order chi connectivity index (χ1) is 14.6. The maximum Gasteiger partial charge on any atom is 0.240 e. The highest BCUT2D eigenvalue weighted by Crippen LogP contribution is 2.32. The number of rotatable bonds is 6. The highest BCUT2D eigenvalue weighted by Gasteiger charge is 2.33. The Bertz CT molecular complexity index is 867. The Balaban J connectivity index is 1.47. The SMILES string of the molecule is CC(=O)Nc1ccc(S(=O)(=O)NCC2CCC(C(=O)N3C[C@H](C)C[C@H](C)C3)CC2)cc1. The summed E-state index contributed by atoms with van der Waals surface area (Å²) in [6, 6.07) is 6.14. The fraction of sp³-hybridized carbons (Fsp3) is 0.652. The standard InChI is InChI=1S/C23H35N3O4S/c1-16-12-17(2)15-26(14-16)23(28)20-6-4-19(5-7-20)13-24-31(29,30)22-10-8-21(9-11-22)25-18(3)27/h8-11,16-17,19-20,24H,4-7,12-15H2,1-3H3,(H,25,27)/t16-,17+,19?,20?. The Labute approximate surface area is 186 Å². The number of likely N-dealkylation sites (tertiary alicyclic amines) is 1. The van der Waals surface area contributed by atoms with Crippen molar-refractivity contribution in [2.24, 2.45) is 23.7 Å².